The highest BCUT2D eigenvalue weighted by molar-refractivity contribution is 9.10. The van der Waals surface area contributed by atoms with E-state index < -0.39 is 5.60 Å². The molecule has 0 amide bonds. The molecule has 102 valence electrons. The molecule has 0 spiro atoms. The fourth-order valence-electron chi connectivity index (χ4n) is 2.19. The zero-order valence-corrected chi connectivity index (χ0v) is 12.9. The molecule has 0 aliphatic rings. The minimum absolute atomic E-state index is 0.510. The minimum Gasteiger partial charge on any atom is -0.385 e. The first kappa shape index (κ1) is 14.3. The monoisotopic (exact) mass is 322 g/mol. The van der Waals surface area contributed by atoms with E-state index in [9.17, 15) is 5.11 Å². The summed E-state index contributed by atoms with van der Waals surface area (Å²) >= 11 is 3.44. The predicted octanol–water partition coefficient (Wildman–Crippen LogP) is 3.51. The van der Waals surface area contributed by atoms with Crippen LogP contribution in [0.3, 0.4) is 0 Å². The Morgan fingerprint density at radius 2 is 2.21 bits per heavy atom. The van der Waals surface area contributed by atoms with Gasteiger partial charge in [0.15, 0.2) is 0 Å². The van der Waals surface area contributed by atoms with Crippen molar-refractivity contribution in [2.45, 2.75) is 38.8 Å². The van der Waals surface area contributed by atoms with Crippen LogP contribution in [0.15, 0.2) is 41.1 Å². The number of rotatable bonds is 5. The molecule has 0 saturated carbocycles. The molecule has 2 aromatic rings. The molecule has 1 atom stereocenters. The Balaban J connectivity index is 2.23. The topological polar surface area (TPSA) is 38.0 Å². The molecule has 1 aromatic heterocycles. The third kappa shape index (κ3) is 3.45. The molecule has 0 saturated heterocycles. The van der Waals surface area contributed by atoms with Gasteiger partial charge >= 0.3 is 0 Å². The number of hydrogen-bond donors (Lipinski definition) is 1. The zero-order valence-electron chi connectivity index (χ0n) is 11.3. The second-order valence-electron chi connectivity index (χ2n) is 5.00. The van der Waals surface area contributed by atoms with E-state index in [1.165, 1.54) is 0 Å². The lowest BCUT2D eigenvalue weighted by Crippen LogP contribution is -2.26. The maximum Gasteiger partial charge on any atom is 0.111 e. The van der Waals surface area contributed by atoms with Crippen molar-refractivity contribution in [3.63, 3.8) is 0 Å². The summed E-state index contributed by atoms with van der Waals surface area (Å²) in [5.74, 6) is 0.923. The Morgan fingerprint density at radius 3 is 2.89 bits per heavy atom. The number of benzene rings is 1. The third-order valence-electron chi connectivity index (χ3n) is 3.22. The second-order valence-corrected chi connectivity index (χ2v) is 5.91. The van der Waals surface area contributed by atoms with Gasteiger partial charge in [0.05, 0.1) is 5.60 Å². The van der Waals surface area contributed by atoms with E-state index in [0.717, 1.165) is 28.8 Å². The normalized spacial score (nSPS) is 14.3. The lowest BCUT2D eigenvalue weighted by molar-refractivity contribution is 0.0544. The fraction of sp³-hybridized carbons (Fsp3) is 0.400. The number of aromatic nitrogens is 2. The smallest absolute Gasteiger partial charge is 0.111 e. The Morgan fingerprint density at radius 1 is 1.42 bits per heavy atom. The van der Waals surface area contributed by atoms with Crippen LogP contribution >= 0.6 is 15.9 Å². The van der Waals surface area contributed by atoms with Gasteiger partial charge in [-0.2, -0.15) is 0 Å². The van der Waals surface area contributed by atoms with Crippen LogP contribution in [0.5, 0.6) is 0 Å². The first-order valence-electron chi connectivity index (χ1n) is 6.51. The number of aryl methyl sites for hydroxylation is 1. The summed E-state index contributed by atoms with van der Waals surface area (Å²) in [5, 5.41) is 10.7. The lowest BCUT2D eigenvalue weighted by Gasteiger charge is -2.24. The first-order valence-corrected chi connectivity index (χ1v) is 7.30. The molecule has 1 heterocycles. The fourth-order valence-corrected chi connectivity index (χ4v) is 2.58. The zero-order chi connectivity index (χ0) is 13.9. The van der Waals surface area contributed by atoms with Gasteiger partial charge in [-0.05, 0) is 31.0 Å². The van der Waals surface area contributed by atoms with Crippen molar-refractivity contribution in [1.29, 1.82) is 0 Å². The van der Waals surface area contributed by atoms with Gasteiger partial charge in [0.25, 0.3) is 0 Å². The standard InChI is InChI=1S/C15H19BrN2O/c1-3-8-18-9-7-17-14(18)11-15(2,19)12-5-4-6-13(16)10-12/h4-7,9-10,19H,3,8,11H2,1-2H3. The molecular formula is C15H19BrN2O. The minimum atomic E-state index is -0.916. The third-order valence-corrected chi connectivity index (χ3v) is 3.71. The molecule has 1 aromatic carbocycles. The molecule has 0 aliphatic carbocycles. The number of hydrogen-bond acceptors (Lipinski definition) is 2. The highest BCUT2D eigenvalue weighted by Crippen LogP contribution is 2.27. The van der Waals surface area contributed by atoms with E-state index in [1.807, 2.05) is 37.4 Å². The van der Waals surface area contributed by atoms with Gasteiger partial charge in [-0.15, -0.1) is 0 Å². The Labute approximate surface area is 122 Å². The van der Waals surface area contributed by atoms with Crippen LogP contribution in [0.2, 0.25) is 0 Å². The van der Waals surface area contributed by atoms with Gasteiger partial charge in [0.2, 0.25) is 0 Å². The van der Waals surface area contributed by atoms with E-state index in [0.29, 0.717) is 6.42 Å². The van der Waals surface area contributed by atoms with Gasteiger partial charge < -0.3 is 9.67 Å². The summed E-state index contributed by atoms with van der Waals surface area (Å²) in [6, 6.07) is 7.79. The van der Waals surface area contributed by atoms with E-state index >= 15 is 0 Å². The van der Waals surface area contributed by atoms with Gasteiger partial charge in [-0.1, -0.05) is 35.0 Å². The van der Waals surface area contributed by atoms with Crippen LogP contribution in [0.25, 0.3) is 0 Å². The van der Waals surface area contributed by atoms with Crippen molar-refractivity contribution in [3.8, 4) is 0 Å². The number of nitrogens with zero attached hydrogens (tertiary/aromatic N) is 2. The SMILES string of the molecule is CCCn1ccnc1CC(C)(O)c1cccc(Br)c1. The highest BCUT2D eigenvalue weighted by Gasteiger charge is 2.25. The number of halogens is 1. The second kappa shape index (κ2) is 5.88. The summed E-state index contributed by atoms with van der Waals surface area (Å²) < 4.78 is 3.08. The Kier molecular flexibility index (Phi) is 4.42. The molecule has 0 aliphatic heterocycles. The molecule has 0 radical (unpaired) electrons. The Hall–Kier alpha value is -1.13. The van der Waals surface area contributed by atoms with E-state index in [2.05, 4.69) is 32.4 Å². The van der Waals surface area contributed by atoms with Crippen LogP contribution in [0.4, 0.5) is 0 Å². The largest absolute Gasteiger partial charge is 0.385 e. The Bertz CT molecular complexity index is 549. The van der Waals surface area contributed by atoms with Gasteiger partial charge in [-0.25, -0.2) is 4.98 Å². The van der Waals surface area contributed by atoms with Crippen molar-refractivity contribution in [3.05, 3.63) is 52.5 Å². The maximum absolute atomic E-state index is 10.7. The average molecular weight is 323 g/mol. The average Bonchev–Trinajstić information content (AvgIpc) is 2.76. The van der Waals surface area contributed by atoms with Crippen molar-refractivity contribution in [1.82, 2.24) is 9.55 Å². The van der Waals surface area contributed by atoms with E-state index in [1.54, 1.807) is 6.20 Å². The summed E-state index contributed by atoms with van der Waals surface area (Å²) in [6.45, 7) is 4.90. The quantitative estimate of drug-likeness (QED) is 0.914. The van der Waals surface area contributed by atoms with E-state index in [4.69, 9.17) is 0 Å². The molecule has 19 heavy (non-hydrogen) atoms. The van der Waals surface area contributed by atoms with Crippen LogP contribution in [0, 0.1) is 0 Å². The molecule has 0 bridgehead atoms. The molecular weight excluding hydrogens is 304 g/mol. The summed E-state index contributed by atoms with van der Waals surface area (Å²) in [7, 11) is 0. The molecule has 1 N–H and O–H groups in total. The van der Waals surface area contributed by atoms with Gasteiger partial charge in [-0.3, -0.25) is 0 Å². The summed E-state index contributed by atoms with van der Waals surface area (Å²) in [5.41, 5.74) is -0.0198. The summed E-state index contributed by atoms with van der Waals surface area (Å²) in [4.78, 5) is 4.36. The van der Waals surface area contributed by atoms with Crippen LogP contribution in [0.1, 0.15) is 31.7 Å². The predicted molar refractivity (Wildman–Crippen MR) is 79.9 cm³/mol. The van der Waals surface area contributed by atoms with Crippen molar-refractivity contribution < 1.29 is 5.11 Å². The van der Waals surface area contributed by atoms with Crippen LogP contribution in [-0.4, -0.2) is 14.7 Å². The highest BCUT2D eigenvalue weighted by atomic mass is 79.9. The molecule has 0 fully saturated rings. The molecule has 3 nitrogen and oxygen atoms in total. The first-order chi connectivity index (χ1) is 9.03. The van der Waals surface area contributed by atoms with Crippen LogP contribution < -0.4 is 0 Å². The van der Waals surface area contributed by atoms with Gasteiger partial charge in [0.1, 0.15) is 5.82 Å². The van der Waals surface area contributed by atoms with Crippen LogP contribution in [-0.2, 0) is 18.6 Å². The van der Waals surface area contributed by atoms with Gasteiger partial charge in [0, 0.05) is 29.8 Å². The van der Waals surface area contributed by atoms with E-state index in [-0.39, 0.29) is 0 Å². The van der Waals surface area contributed by atoms with Crippen molar-refractivity contribution >= 4 is 15.9 Å². The maximum atomic E-state index is 10.7. The van der Waals surface area contributed by atoms with Crippen molar-refractivity contribution in [2.24, 2.45) is 0 Å². The summed E-state index contributed by atoms with van der Waals surface area (Å²) in [6.07, 6.45) is 5.33. The van der Waals surface area contributed by atoms with Crippen molar-refractivity contribution in [2.75, 3.05) is 0 Å². The molecule has 1 unspecified atom stereocenters. The lowest BCUT2D eigenvalue weighted by atomic mass is 9.92. The number of aliphatic hydroxyl groups is 1. The molecule has 2 rings (SSSR count). The number of imidazole rings is 1. The molecule has 4 heteroatoms.